The number of ether oxygens (including phenoxy) is 1. The first-order valence-corrected chi connectivity index (χ1v) is 11.8. The molecule has 1 aromatic heterocycles. The van der Waals surface area contributed by atoms with Gasteiger partial charge in [0.1, 0.15) is 5.75 Å². The number of ketones is 1. The van der Waals surface area contributed by atoms with Crippen LogP contribution < -0.4 is 10.1 Å². The number of nitrogens with zero attached hydrogens (tertiary/aromatic N) is 3. The summed E-state index contributed by atoms with van der Waals surface area (Å²) in [6, 6.07) is 13.8. The number of hydrogen-bond donors (Lipinski definition) is 1. The number of hydrogen-bond acceptors (Lipinski definition) is 5. The third kappa shape index (κ3) is 5.59. The minimum absolute atomic E-state index is 0.0173. The van der Waals surface area contributed by atoms with E-state index in [2.05, 4.69) is 24.1 Å². The van der Waals surface area contributed by atoms with Crippen molar-refractivity contribution >= 4 is 23.3 Å². The fraction of sp³-hybridized carbons (Fsp3) is 0.333. The van der Waals surface area contributed by atoms with Crippen LogP contribution in [0.15, 0.2) is 60.9 Å². The molecular weight excluding hydrogens is 444 g/mol. The van der Waals surface area contributed by atoms with E-state index in [0.717, 1.165) is 19.3 Å². The number of aromatic nitrogens is 2. The number of anilines is 1. The van der Waals surface area contributed by atoms with Gasteiger partial charge in [0.25, 0.3) is 11.8 Å². The molecule has 0 radical (unpaired) electrons. The van der Waals surface area contributed by atoms with Crippen molar-refractivity contribution in [2.75, 3.05) is 11.9 Å². The predicted molar refractivity (Wildman–Crippen MR) is 133 cm³/mol. The molecule has 2 aromatic carbocycles. The molecule has 182 valence electrons. The molecule has 3 aromatic rings. The summed E-state index contributed by atoms with van der Waals surface area (Å²) in [5.74, 6) is 0.395. The second-order valence-electron chi connectivity index (χ2n) is 8.97. The molecule has 0 saturated carbocycles. The van der Waals surface area contributed by atoms with Crippen molar-refractivity contribution in [1.29, 1.82) is 0 Å². The van der Waals surface area contributed by atoms with E-state index < -0.39 is 0 Å². The van der Waals surface area contributed by atoms with Gasteiger partial charge in [-0.05, 0) is 81.6 Å². The maximum atomic E-state index is 12.6. The topological polar surface area (TPSA) is 93.5 Å². The Morgan fingerprint density at radius 3 is 2.20 bits per heavy atom. The van der Waals surface area contributed by atoms with E-state index in [9.17, 15) is 14.4 Å². The number of likely N-dealkylation sites (tertiary alicyclic amines) is 1. The molecule has 2 unspecified atom stereocenters. The second-order valence-corrected chi connectivity index (χ2v) is 8.97. The number of amides is 2. The van der Waals surface area contributed by atoms with Gasteiger partial charge in [0.05, 0.1) is 0 Å². The van der Waals surface area contributed by atoms with Crippen LogP contribution in [0.1, 0.15) is 59.7 Å². The Labute approximate surface area is 204 Å². The van der Waals surface area contributed by atoms with E-state index in [4.69, 9.17) is 4.74 Å². The molecule has 2 amide bonds. The van der Waals surface area contributed by atoms with Crippen molar-refractivity contribution in [2.45, 2.75) is 45.2 Å². The van der Waals surface area contributed by atoms with Crippen molar-refractivity contribution in [2.24, 2.45) is 7.05 Å². The molecular formula is C27H30N4O4. The molecule has 1 N–H and O–H groups in total. The van der Waals surface area contributed by atoms with Crippen molar-refractivity contribution in [3.63, 3.8) is 0 Å². The van der Waals surface area contributed by atoms with E-state index in [1.807, 2.05) is 4.90 Å². The molecule has 0 bridgehead atoms. The summed E-state index contributed by atoms with van der Waals surface area (Å²) in [5.41, 5.74) is 1.51. The molecule has 0 spiro atoms. The van der Waals surface area contributed by atoms with Crippen LogP contribution in [0.5, 0.6) is 5.75 Å². The Morgan fingerprint density at radius 2 is 1.60 bits per heavy atom. The molecule has 8 heteroatoms. The van der Waals surface area contributed by atoms with Gasteiger partial charge in [0, 0.05) is 48.3 Å². The first-order chi connectivity index (χ1) is 16.8. The number of aryl methyl sites for hydroxylation is 1. The van der Waals surface area contributed by atoms with Gasteiger partial charge in [0.2, 0.25) is 5.78 Å². The first kappa shape index (κ1) is 24.2. The highest BCUT2D eigenvalue weighted by Crippen LogP contribution is 2.23. The number of imidazole rings is 1. The van der Waals surface area contributed by atoms with E-state index in [1.165, 1.54) is 0 Å². The number of piperidine rings is 1. The monoisotopic (exact) mass is 474 g/mol. The normalized spacial score (nSPS) is 17.6. The lowest BCUT2D eigenvalue weighted by atomic mass is 9.97. The van der Waals surface area contributed by atoms with Crippen LogP contribution in [0.2, 0.25) is 0 Å². The molecule has 8 nitrogen and oxygen atoms in total. The average Bonchev–Trinajstić information content (AvgIpc) is 3.28. The van der Waals surface area contributed by atoms with Gasteiger partial charge in [-0.1, -0.05) is 0 Å². The summed E-state index contributed by atoms with van der Waals surface area (Å²) in [6.45, 7) is 4.13. The quantitative estimate of drug-likeness (QED) is 0.521. The minimum Gasteiger partial charge on any atom is -0.484 e. The molecule has 1 saturated heterocycles. The van der Waals surface area contributed by atoms with Crippen LogP contribution in [-0.4, -0.2) is 50.7 Å². The minimum atomic E-state index is -0.285. The molecule has 1 aliphatic rings. The average molecular weight is 475 g/mol. The smallest absolute Gasteiger partial charge is 0.260 e. The molecule has 35 heavy (non-hydrogen) atoms. The highest BCUT2D eigenvalue weighted by atomic mass is 16.5. The van der Waals surface area contributed by atoms with Crippen LogP contribution in [-0.2, 0) is 11.8 Å². The Kier molecular flexibility index (Phi) is 7.29. The highest BCUT2D eigenvalue weighted by Gasteiger charge is 2.29. The summed E-state index contributed by atoms with van der Waals surface area (Å²) in [5, 5.41) is 2.82. The SMILES string of the molecule is CC1CCCC(C)N1C(=O)COc1ccc(C(=O)Nc2ccc(C(=O)c3nccn3C)cc2)cc1. The highest BCUT2D eigenvalue weighted by molar-refractivity contribution is 6.07. The van der Waals surface area contributed by atoms with Crippen LogP contribution in [0.25, 0.3) is 0 Å². The number of benzene rings is 2. The standard InChI is InChI=1S/C27H30N4O4/c1-18-5-4-6-19(2)31(18)24(32)17-35-23-13-9-21(10-14-23)27(34)29-22-11-7-20(8-12-22)25(33)26-28-15-16-30(26)3/h7-16,18-19H,4-6,17H2,1-3H3,(H,29,34). The van der Waals surface area contributed by atoms with Gasteiger partial charge in [-0.15, -0.1) is 0 Å². The third-order valence-electron chi connectivity index (χ3n) is 6.39. The van der Waals surface area contributed by atoms with Gasteiger partial charge in [-0.3, -0.25) is 14.4 Å². The fourth-order valence-electron chi connectivity index (χ4n) is 4.46. The number of rotatable bonds is 7. The fourth-order valence-corrected chi connectivity index (χ4v) is 4.46. The van der Waals surface area contributed by atoms with Gasteiger partial charge in [0.15, 0.2) is 12.4 Å². The summed E-state index contributed by atoms with van der Waals surface area (Å²) >= 11 is 0. The molecule has 2 heterocycles. The van der Waals surface area contributed by atoms with E-state index in [0.29, 0.717) is 28.4 Å². The zero-order valence-corrected chi connectivity index (χ0v) is 20.2. The molecule has 2 atom stereocenters. The number of nitrogens with one attached hydrogen (secondary N) is 1. The van der Waals surface area contributed by atoms with Crippen molar-refractivity contribution < 1.29 is 19.1 Å². The van der Waals surface area contributed by atoms with Crippen molar-refractivity contribution in [3.8, 4) is 5.75 Å². The summed E-state index contributed by atoms with van der Waals surface area (Å²) in [7, 11) is 1.76. The van der Waals surface area contributed by atoms with Crippen LogP contribution in [0.3, 0.4) is 0 Å². The maximum absolute atomic E-state index is 12.6. The molecule has 4 rings (SSSR count). The maximum Gasteiger partial charge on any atom is 0.260 e. The van der Waals surface area contributed by atoms with Crippen molar-refractivity contribution in [3.05, 3.63) is 77.9 Å². The number of carbonyl (C=O) groups is 3. The largest absolute Gasteiger partial charge is 0.484 e. The van der Waals surface area contributed by atoms with Crippen LogP contribution >= 0.6 is 0 Å². The first-order valence-electron chi connectivity index (χ1n) is 11.8. The van der Waals surface area contributed by atoms with Gasteiger partial charge in [-0.2, -0.15) is 0 Å². The summed E-state index contributed by atoms with van der Waals surface area (Å²) in [4.78, 5) is 43.8. The second kappa shape index (κ2) is 10.5. The van der Waals surface area contributed by atoms with E-state index in [1.54, 1.807) is 72.5 Å². The van der Waals surface area contributed by atoms with Crippen LogP contribution in [0.4, 0.5) is 5.69 Å². The Hall–Kier alpha value is -3.94. The third-order valence-corrected chi connectivity index (χ3v) is 6.39. The number of carbonyl (C=O) groups excluding carboxylic acids is 3. The lowest BCUT2D eigenvalue weighted by Gasteiger charge is -2.38. The molecule has 0 aliphatic carbocycles. The predicted octanol–water partition coefficient (Wildman–Crippen LogP) is 4.07. The summed E-state index contributed by atoms with van der Waals surface area (Å²) < 4.78 is 7.35. The Bertz CT molecular complexity index is 1190. The van der Waals surface area contributed by atoms with Gasteiger partial charge in [-0.25, -0.2) is 4.98 Å². The summed E-state index contributed by atoms with van der Waals surface area (Å²) in [6.07, 6.45) is 6.47. The Balaban J connectivity index is 1.31. The van der Waals surface area contributed by atoms with Gasteiger partial charge < -0.3 is 19.5 Å². The van der Waals surface area contributed by atoms with E-state index >= 15 is 0 Å². The lowest BCUT2D eigenvalue weighted by Crippen LogP contribution is -2.49. The van der Waals surface area contributed by atoms with Crippen molar-refractivity contribution in [1.82, 2.24) is 14.5 Å². The van der Waals surface area contributed by atoms with Crippen LogP contribution in [0, 0.1) is 0 Å². The zero-order valence-electron chi connectivity index (χ0n) is 20.2. The molecule has 1 fully saturated rings. The zero-order chi connectivity index (χ0) is 24.9. The Morgan fingerprint density at radius 1 is 0.971 bits per heavy atom. The van der Waals surface area contributed by atoms with Gasteiger partial charge >= 0.3 is 0 Å². The lowest BCUT2D eigenvalue weighted by molar-refractivity contribution is -0.139. The van der Waals surface area contributed by atoms with E-state index in [-0.39, 0.29) is 36.3 Å². The molecule has 1 aliphatic heterocycles.